The van der Waals surface area contributed by atoms with Crippen LogP contribution in [0, 0.1) is 5.92 Å². The summed E-state index contributed by atoms with van der Waals surface area (Å²) in [5.74, 6) is 1.61. The number of hydrogen-bond acceptors (Lipinski definition) is 4. The highest BCUT2D eigenvalue weighted by atomic mass is 16.5. The average Bonchev–Trinajstić information content (AvgIpc) is 3.04. The van der Waals surface area contributed by atoms with Gasteiger partial charge in [0.25, 0.3) is 0 Å². The van der Waals surface area contributed by atoms with E-state index in [0.717, 1.165) is 31.7 Å². The van der Waals surface area contributed by atoms with E-state index in [-0.39, 0.29) is 6.03 Å². The molecule has 1 aromatic heterocycles. The summed E-state index contributed by atoms with van der Waals surface area (Å²) in [5.41, 5.74) is 0.923. The Balaban J connectivity index is 1.77. The van der Waals surface area contributed by atoms with E-state index in [1.165, 1.54) is 0 Å². The minimum Gasteiger partial charge on any atom is -0.359 e. The zero-order chi connectivity index (χ0) is 15.4. The third kappa shape index (κ3) is 4.46. The second-order valence-electron chi connectivity index (χ2n) is 6.39. The molecule has 1 fully saturated rings. The van der Waals surface area contributed by atoms with Crippen molar-refractivity contribution in [1.29, 1.82) is 0 Å². The van der Waals surface area contributed by atoms with Gasteiger partial charge in [0, 0.05) is 25.7 Å². The van der Waals surface area contributed by atoms with Crippen molar-refractivity contribution in [2.24, 2.45) is 5.92 Å². The van der Waals surface area contributed by atoms with E-state index < -0.39 is 0 Å². The molecule has 118 valence electrons. The highest BCUT2D eigenvalue weighted by Gasteiger charge is 2.26. The Morgan fingerprint density at radius 2 is 2.33 bits per heavy atom. The van der Waals surface area contributed by atoms with Crippen molar-refractivity contribution in [2.45, 2.75) is 32.7 Å². The van der Waals surface area contributed by atoms with Crippen LogP contribution in [0.2, 0.25) is 0 Å². The minimum atomic E-state index is -0.0150. The molecule has 2 rings (SSSR count). The van der Waals surface area contributed by atoms with E-state index in [9.17, 15) is 4.79 Å². The third-order valence-corrected chi connectivity index (χ3v) is 3.78. The smallest absolute Gasteiger partial charge is 0.317 e. The molecule has 0 radical (unpaired) electrons. The summed E-state index contributed by atoms with van der Waals surface area (Å²) in [7, 11) is 4.14. The lowest BCUT2D eigenvalue weighted by Gasteiger charge is -2.18. The summed E-state index contributed by atoms with van der Waals surface area (Å²) in [6.45, 7) is 7.22. The number of carbonyl (C=O) groups is 1. The average molecular weight is 294 g/mol. The van der Waals surface area contributed by atoms with Gasteiger partial charge < -0.3 is 19.6 Å². The van der Waals surface area contributed by atoms with Gasteiger partial charge in [-0.1, -0.05) is 19.0 Å². The van der Waals surface area contributed by atoms with Gasteiger partial charge in [-0.05, 0) is 32.4 Å². The molecule has 6 nitrogen and oxygen atoms in total. The second kappa shape index (κ2) is 6.93. The minimum absolute atomic E-state index is 0.0150. The van der Waals surface area contributed by atoms with E-state index in [4.69, 9.17) is 4.52 Å². The number of rotatable bonds is 5. The number of aromatic nitrogens is 1. The first-order valence-electron chi connectivity index (χ1n) is 7.58. The van der Waals surface area contributed by atoms with Gasteiger partial charge in [0.05, 0.1) is 12.2 Å². The van der Waals surface area contributed by atoms with Crippen molar-refractivity contribution < 1.29 is 9.32 Å². The summed E-state index contributed by atoms with van der Waals surface area (Å²) in [4.78, 5) is 16.2. The Kier molecular flexibility index (Phi) is 5.22. The Bertz CT molecular complexity index is 470. The maximum atomic E-state index is 12.1. The maximum absolute atomic E-state index is 12.1. The number of nitrogens with one attached hydrogen (secondary N) is 1. The predicted molar refractivity (Wildman–Crippen MR) is 81.1 cm³/mol. The van der Waals surface area contributed by atoms with Gasteiger partial charge in [-0.3, -0.25) is 0 Å². The van der Waals surface area contributed by atoms with Crippen LogP contribution in [0.3, 0.4) is 0 Å². The molecule has 1 saturated heterocycles. The number of carbonyl (C=O) groups excluding carboxylic acids is 1. The van der Waals surface area contributed by atoms with Crippen molar-refractivity contribution in [3.8, 4) is 0 Å². The molecule has 1 atom stereocenters. The van der Waals surface area contributed by atoms with Crippen molar-refractivity contribution >= 4 is 6.03 Å². The van der Waals surface area contributed by atoms with Gasteiger partial charge in [0.15, 0.2) is 5.76 Å². The molecule has 0 aromatic carbocycles. The Hall–Kier alpha value is -1.56. The van der Waals surface area contributed by atoms with E-state index >= 15 is 0 Å². The normalized spacial score (nSPS) is 18.8. The summed E-state index contributed by atoms with van der Waals surface area (Å²) in [6, 6.07) is 1.89. The van der Waals surface area contributed by atoms with Gasteiger partial charge in [-0.25, -0.2) is 4.79 Å². The lowest BCUT2D eigenvalue weighted by atomic mass is 10.1. The topological polar surface area (TPSA) is 61.6 Å². The molecule has 1 N–H and O–H groups in total. The number of likely N-dealkylation sites (tertiary alicyclic amines) is 1. The van der Waals surface area contributed by atoms with Gasteiger partial charge in [0.1, 0.15) is 0 Å². The first-order chi connectivity index (χ1) is 9.95. The summed E-state index contributed by atoms with van der Waals surface area (Å²) in [5, 5.41) is 6.90. The monoisotopic (exact) mass is 294 g/mol. The second-order valence-corrected chi connectivity index (χ2v) is 6.39. The summed E-state index contributed by atoms with van der Waals surface area (Å²) < 4.78 is 5.22. The SMILES string of the molecule is CC(C)c1cc(CNC(=O)N2CCC(CN(C)C)C2)on1. The number of nitrogens with zero attached hydrogens (tertiary/aromatic N) is 3. The lowest BCUT2D eigenvalue weighted by Crippen LogP contribution is -2.38. The molecule has 2 amide bonds. The van der Waals surface area contributed by atoms with Crippen LogP contribution < -0.4 is 5.32 Å². The fourth-order valence-corrected chi connectivity index (χ4v) is 2.64. The largest absolute Gasteiger partial charge is 0.359 e. The first kappa shape index (κ1) is 15.8. The first-order valence-corrected chi connectivity index (χ1v) is 7.58. The van der Waals surface area contributed by atoms with Crippen LogP contribution in [0.1, 0.15) is 37.6 Å². The van der Waals surface area contributed by atoms with E-state index in [1.54, 1.807) is 0 Å². The van der Waals surface area contributed by atoms with Gasteiger partial charge >= 0.3 is 6.03 Å². The van der Waals surface area contributed by atoms with E-state index in [0.29, 0.717) is 24.1 Å². The molecule has 1 aromatic rings. The number of amides is 2. The molecule has 0 saturated carbocycles. The molecule has 21 heavy (non-hydrogen) atoms. The van der Waals surface area contributed by atoms with Crippen LogP contribution in [-0.4, -0.2) is 54.7 Å². The highest BCUT2D eigenvalue weighted by Crippen LogP contribution is 2.17. The molecular formula is C15H26N4O2. The van der Waals surface area contributed by atoms with E-state index in [2.05, 4.69) is 43.3 Å². The van der Waals surface area contributed by atoms with Crippen molar-refractivity contribution in [2.75, 3.05) is 33.7 Å². The lowest BCUT2D eigenvalue weighted by molar-refractivity contribution is 0.203. The molecule has 0 bridgehead atoms. The zero-order valence-corrected chi connectivity index (χ0v) is 13.4. The van der Waals surface area contributed by atoms with Crippen molar-refractivity contribution in [3.05, 3.63) is 17.5 Å². The molecule has 0 aliphatic carbocycles. The Labute approximate surface area is 126 Å². The number of hydrogen-bond donors (Lipinski definition) is 1. The molecule has 1 aliphatic heterocycles. The fraction of sp³-hybridized carbons (Fsp3) is 0.733. The van der Waals surface area contributed by atoms with Gasteiger partial charge in [-0.15, -0.1) is 0 Å². The highest BCUT2D eigenvalue weighted by molar-refractivity contribution is 5.74. The van der Waals surface area contributed by atoms with Crippen LogP contribution in [0.4, 0.5) is 4.79 Å². The van der Waals surface area contributed by atoms with Crippen LogP contribution in [0.25, 0.3) is 0 Å². The molecule has 1 unspecified atom stereocenters. The van der Waals surface area contributed by atoms with E-state index in [1.807, 2.05) is 11.0 Å². The standard InChI is InChI=1S/C15H26N4O2/c1-11(2)14-7-13(21-17-14)8-16-15(20)19-6-5-12(10-19)9-18(3)4/h7,11-12H,5-6,8-10H2,1-4H3,(H,16,20). The van der Waals surface area contributed by atoms with Gasteiger partial charge in [-0.2, -0.15) is 0 Å². The van der Waals surface area contributed by atoms with Crippen LogP contribution in [0.5, 0.6) is 0 Å². The molecule has 2 heterocycles. The maximum Gasteiger partial charge on any atom is 0.317 e. The Morgan fingerprint density at radius 1 is 1.57 bits per heavy atom. The third-order valence-electron chi connectivity index (χ3n) is 3.78. The number of urea groups is 1. The van der Waals surface area contributed by atoms with Crippen molar-refractivity contribution in [3.63, 3.8) is 0 Å². The molecule has 0 spiro atoms. The predicted octanol–water partition coefficient (Wildman–Crippen LogP) is 1.89. The van der Waals surface area contributed by atoms with Crippen LogP contribution in [-0.2, 0) is 6.54 Å². The van der Waals surface area contributed by atoms with Gasteiger partial charge in [0.2, 0.25) is 0 Å². The van der Waals surface area contributed by atoms with Crippen LogP contribution >= 0.6 is 0 Å². The zero-order valence-electron chi connectivity index (χ0n) is 13.4. The Morgan fingerprint density at radius 3 is 2.95 bits per heavy atom. The summed E-state index contributed by atoms with van der Waals surface area (Å²) in [6.07, 6.45) is 1.07. The fourth-order valence-electron chi connectivity index (χ4n) is 2.64. The molecule has 1 aliphatic rings. The van der Waals surface area contributed by atoms with Crippen molar-refractivity contribution in [1.82, 2.24) is 20.3 Å². The van der Waals surface area contributed by atoms with Crippen LogP contribution in [0.15, 0.2) is 10.6 Å². The molecular weight excluding hydrogens is 268 g/mol. The quantitative estimate of drug-likeness (QED) is 0.901. The molecule has 6 heteroatoms. The summed E-state index contributed by atoms with van der Waals surface area (Å²) >= 11 is 0.